The normalized spacial score (nSPS) is 11.8. The Kier molecular flexibility index (Phi) is 4.32. The Bertz CT molecular complexity index is 465. The number of ketones is 1. The molecule has 0 aromatic heterocycles. The highest BCUT2D eigenvalue weighted by Gasteiger charge is 2.25. The molecule has 0 aliphatic carbocycles. The second-order valence-electron chi connectivity index (χ2n) is 5.01. The average molecular weight is 277 g/mol. The molecule has 0 radical (unpaired) electrons. The molecule has 0 amide bonds. The molecule has 0 unspecified atom stereocenters. The smallest absolute Gasteiger partial charge is 0.387 e. The lowest BCUT2D eigenvalue weighted by Crippen LogP contribution is -2.17. The summed E-state index contributed by atoms with van der Waals surface area (Å²) < 4.78 is 29.4. The van der Waals surface area contributed by atoms with Gasteiger partial charge in [-0.3, -0.25) is 4.79 Å². The maximum absolute atomic E-state index is 12.5. The van der Waals surface area contributed by atoms with Crippen molar-refractivity contribution in [1.29, 1.82) is 0 Å². The third kappa shape index (κ3) is 3.42. The summed E-state index contributed by atoms with van der Waals surface area (Å²) in [5.41, 5.74) is 0.104. The Morgan fingerprint density at radius 3 is 2.28 bits per heavy atom. The van der Waals surface area contributed by atoms with Gasteiger partial charge in [-0.25, -0.2) is 0 Å². The molecule has 1 aromatic rings. The first-order valence-electron chi connectivity index (χ1n) is 5.42. The molecule has 0 aliphatic rings. The topological polar surface area (TPSA) is 26.3 Å². The predicted octanol–water partition coefficient (Wildman–Crippen LogP) is 4.44. The van der Waals surface area contributed by atoms with Gasteiger partial charge in [-0.15, -0.1) is 0 Å². The number of hydrogen-bond donors (Lipinski definition) is 0. The quantitative estimate of drug-likeness (QED) is 0.763. The number of halogens is 3. The van der Waals surface area contributed by atoms with Crippen molar-refractivity contribution in [2.75, 3.05) is 0 Å². The molecule has 2 nitrogen and oxygen atoms in total. The molecule has 0 aliphatic heterocycles. The highest BCUT2D eigenvalue weighted by Crippen LogP contribution is 2.37. The highest BCUT2D eigenvalue weighted by molar-refractivity contribution is 6.31. The van der Waals surface area contributed by atoms with E-state index in [4.69, 9.17) is 11.6 Å². The standard InChI is InChI=1S/C13H15ClF2O2/c1-7(17)9-5-8(14)6-10(13(2,3)4)11(9)18-12(15)16/h5-6,12H,1-4H3. The minimum absolute atomic E-state index is 0.0766. The number of alkyl halides is 2. The van der Waals surface area contributed by atoms with Crippen LogP contribution in [0.2, 0.25) is 5.02 Å². The number of carbonyl (C=O) groups is 1. The van der Waals surface area contributed by atoms with Crippen LogP contribution in [0.3, 0.4) is 0 Å². The number of ether oxygens (including phenoxy) is 1. The van der Waals surface area contributed by atoms with Gasteiger partial charge in [0.1, 0.15) is 5.75 Å². The van der Waals surface area contributed by atoms with Crippen molar-refractivity contribution in [2.45, 2.75) is 39.7 Å². The second-order valence-corrected chi connectivity index (χ2v) is 5.45. The van der Waals surface area contributed by atoms with Crippen LogP contribution in [0.4, 0.5) is 8.78 Å². The van der Waals surface area contributed by atoms with E-state index in [1.165, 1.54) is 13.0 Å². The van der Waals surface area contributed by atoms with Crippen molar-refractivity contribution >= 4 is 17.4 Å². The minimum atomic E-state index is -2.98. The predicted molar refractivity (Wildman–Crippen MR) is 66.8 cm³/mol. The van der Waals surface area contributed by atoms with Gasteiger partial charge < -0.3 is 4.74 Å². The maximum atomic E-state index is 12.5. The first-order chi connectivity index (χ1) is 8.12. The zero-order valence-corrected chi connectivity index (χ0v) is 11.4. The summed E-state index contributed by atoms with van der Waals surface area (Å²) in [5.74, 6) is -0.451. The van der Waals surface area contributed by atoms with Crippen molar-refractivity contribution in [3.05, 3.63) is 28.3 Å². The van der Waals surface area contributed by atoms with Crippen molar-refractivity contribution in [3.8, 4) is 5.75 Å². The van der Waals surface area contributed by atoms with Gasteiger partial charge in [0.2, 0.25) is 0 Å². The second kappa shape index (κ2) is 5.22. The molecule has 0 spiro atoms. The number of carbonyl (C=O) groups excluding carboxylic acids is 1. The monoisotopic (exact) mass is 276 g/mol. The van der Waals surface area contributed by atoms with Gasteiger partial charge in [0, 0.05) is 10.6 Å². The summed E-state index contributed by atoms with van der Waals surface area (Å²) in [7, 11) is 0. The lowest BCUT2D eigenvalue weighted by Gasteiger charge is -2.24. The fourth-order valence-electron chi connectivity index (χ4n) is 1.63. The first-order valence-corrected chi connectivity index (χ1v) is 5.80. The van der Waals surface area contributed by atoms with Crippen LogP contribution in [0, 0.1) is 0 Å². The summed E-state index contributed by atoms with van der Waals surface area (Å²) >= 11 is 5.91. The molecule has 100 valence electrons. The number of Topliss-reactive ketones (excluding diaryl/α,β-unsaturated/α-hetero) is 1. The Morgan fingerprint density at radius 2 is 1.89 bits per heavy atom. The molecule has 0 saturated heterocycles. The summed E-state index contributed by atoms with van der Waals surface area (Å²) in [4.78, 5) is 11.5. The Hall–Kier alpha value is -1.16. The molecule has 1 rings (SSSR count). The van der Waals surface area contributed by atoms with Crippen LogP contribution in [0.25, 0.3) is 0 Å². The van der Waals surface area contributed by atoms with Crippen LogP contribution < -0.4 is 4.74 Å². The van der Waals surface area contributed by atoms with Gasteiger partial charge in [-0.2, -0.15) is 8.78 Å². The number of benzene rings is 1. The summed E-state index contributed by atoms with van der Waals surface area (Å²) in [6.45, 7) is 3.81. The van der Waals surface area contributed by atoms with Crippen LogP contribution in [-0.4, -0.2) is 12.4 Å². The first kappa shape index (κ1) is 14.9. The molecular weight excluding hydrogens is 262 g/mol. The number of hydrogen-bond acceptors (Lipinski definition) is 2. The number of rotatable bonds is 3. The third-order valence-electron chi connectivity index (χ3n) is 2.45. The highest BCUT2D eigenvalue weighted by atomic mass is 35.5. The molecule has 0 fully saturated rings. The van der Waals surface area contributed by atoms with E-state index in [1.54, 1.807) is 6.07 Å². The van der Waals surface area contributed by atoms with Crippen molar-refractivity contribution < 1.29 is 18.3 Å². The average Bonchev–Trinajstić information content (AvgIpc) is 2.17. The van der Waals surface area contributed by atoms with Crippen LogP contribution in [-0.2, 0) is 5.41 Å². The van der Waals surface area contributed by atoms with Crippen molar-refractivity contribution in [3.63, 3.8) is 0 Å². The summed E-state index contributed by atoms with van der Waals surface area (Å²) in [6, 6.07) is 2.89. The van der Waals surface area contributed by atoms with Gasteiger partial charge >= 0.3 is 6.61 Å². The van der Waals surface area contributed by atoms with E-state index >= 15 is 0 Å². The van der Waals surface area contributed by atoms with Crippen LogP contribution in [0.1, 0.15) is 43.6 Å². The van der Waals surface area contributed by atoms with Crippen LogP contribution in [0.5, 0.6) is 5.75 Å². The molecule has 0 bridgehead atoms. The van der Waals surface area contributed by atoms with E-state index in [2.05, 4.69) is 4.74 Å². The Balaban J connectivity index is 3.53. The van der Waals surface area contributed by atoms with E-state index in [0.29, 0.717) is 10.6 Å². The van der Waals surface area contributed by atoms with Crippen LogP contribution >= 0.6 is 11.6 Å². The largest absolute Gasteiger partial charge is 0.434 e. The van der Waals surface area contributed by atoms with E-state index in [-0.39, 0.29) is 17.1 Å². The molecule has 18 heavy (non-hydrogen) atoms. The van der Waals surface area contributed by atoms with Crippen molar-refractivity contribution in [1.82, 2.24) is 0 Å². The Morgan fingerprint density at radius 1 is 1.33 bits per heavy atom. The molecule has 1 aromatic carbocycles. The van der Waals surface area contributed by atoms with E-state index in [1.807, 2.05) is 20.8 Å². The van der Waals surface area contributed by atoms with Gasteiger partial charge in [-0.05, 0) is 24.5 Å². The van der Waals surface area contributed by atoms with Crippen molar-refractivity contribution in [2.24, 2.45) is 0 Å². The minimum Gasteiger partial charge on any atom is -0.434 e. The zero-order valence-electron chi connectivity index (χ0n) is 10.7. The van der Waals surface area contributed by atoms with Gasteiger partial charge in [0.15, 0.2) is 5.78 Å². The lowest BCUT2D eigenvalue weighted by atomic mass is 9.84. The molecule has 0 saturated carbocycles. The molecule has 0 heterocycles. The van der Waals surface area contributed by atoms with Crippen LogP contribution in [0.15, 0.2) is 12.1 Å². The van der Waals surface area contributed by atoms with Gasteiger partial charge in [-0.1, -0.05) is 32.4 Å². The third-order valence-corrected chi connectivity index (χ3v) is 2.67. The SMILES string of the molecule is CC(=O)c1cc(Cl)cc(C(C)(C)C)c1OC(F)F. The fourth-order valence-corrected chi connectivity index (χ4v) is 1.85. The molecule has 0 N–H and O–H groups in total. The Labute approximate surface area is 110 Å². The molecule has 0 atom stereocenters. The van der Waals surface area contributed by atoms with Gasteiger partial charge in [0.05, 0.1) is 5.56 Å². The molecule has 5 heteroatoms. The van der Waals surface area contributed by atoms with E-state index in [0.717, 1.165) is 0 Å². The zero-order chi connectivity index (χ0) is 14.1. The van der Waals surface area contributed by atoms with E-state index in [9.17, 15) is 13.6 Å². The lowest BCUT2D eigenvalue weighted by molar-refractivity contribution is -0.0511. The summed E-state index contributed by atoms with van der Waals surface area (Å²) in [5, 5.41) is 0.326. The van der Waals surface area contributed by atoms with Gasteiger partial charge in [0.25, 0.3) is 0 Å². The van der Waals surface area contributed by atoms with E-state index < -0.39 is 12.0 Å². The fraction of sp³-hybridized carbons (Fsp3) is 0.462. The maximum Gasteiger partial charge on any atom is 0.387 e. The molecular formula is C13H15ClF2O2. The summed E-state index contributed by atoms with van der Waals surface area (Å²) in [6.07, 6.45) is 0.